The van der Waals surface area contributed by atoms with Crippen molar-refractivity contribution in [2.75, 3.05) is 33.0 Å². The first-order valence-electron chi connectivity index (χ1n) is 17.8. The third kappa shape index (κ3) is 10.7. The molecule has 17 atom stereocenters. The van der Waals surface area contributed by atoms with E-state index in [9.17, 15) is 60.3 Å². The Morgan fingerprint density at radius 2 is 1.40 bits per heavy atom. The Hall–Kier alpha value is -3.27. The van der Waals surface area contributed by atoms with Crippen LogP contribution in [-0.4, -0.2) is 201 Å². The third-order valence-corrected chi connectivity index (χ3v) is 9.53. The highest BCUT2D eigenvalue weighted by atomic mass is 16.8. The Morgan fingerprint density at radius 3 is 2.04 bits per heavy atom. The minimum absolute atomic E-state index is 0.508. The molecule has 0 spiro atoms. The summed E-state index contributed by atoms with van der Waals surface area (Å²) in [5.74, 6) is -2.78. The molecule has 57 heavy (non-hydrogen) atoms. The summed E-state index contributed by atoms with van der Waals surface area (Å²) in [6.07, 6.45) is -25.6. The summed E-state index contributed by atoms with van der Waals surface area (Å²) >= 11 is 0. The molecule has 4 aliphatic rings. The lowest BCUT2D eigenvalue weighted by Crippen LogP contribution is -2.67. The number of rotatable bonds is 14. The van der Waals surface area contributed by atoms with E-state index in [0.717, 1.165) is 19.9 Å². The Kier molecular flexibility index (Phi) is 15.5. The first-order chi connectivity index (χ1) is 27.1. The summed E-state index contributed by atoms with van der Waals surface area (Å²) in [5, 5.41) is 94.9. The average Bonchev–Trinajstić information content (AvgIpc) is 3.47. The molecule has 22 heteroatoms. The minimum atomic E-state index is -2.05. The minimum Gasteiger partial charge on any atom is -0.460 e. The van der Waals surface area contributed by atoms with Gasteiger partial charge in [-0.1, -0.05) is 30.3 Å². The Labute approximate surface area is 324 Å². The number of carbonyl (C=O) groups excluding carboxylic acids is 3. The van der Waals surface area contributed by atoms with E-state index >= 15 is 0 Å². The summed E-state index contributed by atoms with van der Waals surface area (Å²) in [4.78, 5) is 37.0. The topological polar surface area (TPSA) is 326 Å². The van der Waals surface area contributed by atoms with Gasteiger partial charge in [-0.15, -0.1) is 0 Å². The molecule has 4 saturated heterocycles. The van der Waals surface area contributed by atoms with Crippen LogP contribution in [0.3, 0.4) is 0 Å². The number of carbonyl (C=O) groups is 3. The summed E-state index contributed by atoms with van der Waals surface area (Å²) < 4.78 is 55.4. The fourth-order valence-corrected chi connectivity index (χ4v) is 6.42. The Morgan fingerprint density at radius 1 is 0.737 bits per heavy atom. The van der Waals surface area contributed by atoms with E-state index in [0.29, 0.717) is 5.56 Å². The zero-order chi connectivity index (χ0) is 41.6. The molecule has 4 aliphatic heterocycles. The van der Waals surface area contributed by atoms with Crippen molar-refractivity contribution in [3.63, 3.8) is 0 Å². The number of benzene rings is 1. The molecule has 1 aromatic carbocycles. The number of aliphatic hydroxyl groups is 9. The molecule has 1 aromatic rings. The van der Waals surface area contributed by atoms with Crippen molar-refractivity contribution >= 4 is 24.0 Å². The van der Waals surface area contributed by atoms with E-state index < -0.39 is 155 Å². The lowest BCUT2D eigenvalue weighted by Gasteiger charge is -2.48. The second kappa shape index (κ2) is 19.7. The molecular formula is C35H48O22. The average molecular weight is 821 g/mol. The number of ether oxygens (including phenoxy) is 10. The van der Waals surface area contributed by atoms with Crippen molar-refractivity contribution in [1.82, 2.24) is 0 Å². The molecule has 320 valence electrons. The van der Waals surface area contributed by atoms with Crippen molar-refractivity contribution in [2.45, 2.75) is 118 Å². The van der Waals surface area contributed by atoms with Crippen LogP contribution < -0.4 is 0 Å². The maximum Gasteiger partial charge on any atom is 0.330 e. The lowest BCUT2D eigenvalue weighted by atomic mass is 9.96. The van der Waals surface area contributed by atoms with Crippen LogP contribution in [0, 0.1) is 0 Å². The van der Waals surface area contributed by atoms with Crippen LogP contribution in [0.25, 0.3) is 6.08 Å². The van der Waals surface area contributed by atoms with Gasteiger partial charge in [0.1, 0.15) is 73.2 Å². The van der Waals surface area contributed by atoms with Gasteiger partial charge in [0.25, 0.3) is 0 Å². The first-order valence-corrected chi connectivity index (χ1v) is 17.8. The zero-order valence-electron chi connectivity index (χ0n) is 30.6. The monoisotopic (exact) mass is 820 g/mol. The van der Waals surface area contributed by atoms with E-state index in [1.807, 2.05) is 0 Å². The fourth-order valence-electron chi connectivity index (χ4n) is 6.42. The molecule has 0 amide bonds. The SMILES string of the molecule is CC(=O)OC1OC(COC(=O)C=Cc2ccccc2)C(OC2OC(CO)C(O)C(O)C2OC(C)=O)C(O)C1OC1OCC(OC2OCC(O)(CO)C2O)C(O)C1O. The molecule has 9 N–H and O–H groups in total. The van der Waals surface area contributed by atoms with E-state index in [1.54, 1.807) is 30.3 Å². The number of aliphatic hydroxyl groups excluding tert-OH is 8. The van der Waals surface area contributed by atoms with Gasteiger partial charge in [0.15, 0.2) is 31.1 Å². The van der Waals surface area contributed by atoms with Crippen molar-refractivity contribution in [3.05, 3.63) is 42.0 Å². The summed E-state index contributed by atoms with van der Waals surface area (Å²) in [5.41, 5.74) is -1.39. The largest absolute Gasteiger partial charge is 0.460 e. The predicted octanol–water partition coefficient (Wildman–Crippen LogP) is -5.06. The van der Waals surface area contributed by atoms with Gasteiger partial charge >= 0.3 is 17.9 Å². The standard InChI is InChI=1S/C35H48O22/c1-15(38)51-28-24(43)22(41)18(10-36)53-33(28)56-27-20(12-48-21(40)9-8-17-6-4-3-5-7-17)55-32(52-16(2)39)29(26(27)45)57-31-25(44)23(42)19(11-49-31)54-34-30(46)35(47,13-37)14-50-34/h3-9,18-20,22-34,36-37,41-47H,10-14H2,1-2H3. The molecule has 0 radical (unpaired) electrons. The second-order valence-electron chi connectivity index (χ2n) is 13.7. The highest BCUT2D eigenvalue weighted by Gasteiger charge is 2.56. The number of hydrogen-bond acceptors (Lipinski definition) is 22. The molecule has 17 unspecified atom stereocenters. The maximum absolute atomic E-state index is 12.8. The molecule has 0 aromatic heterocycles. The van der Waals surface area contributed by atoms with Crippen LogP contribution in [0.15, 0.2) is 36.4 Å². The van der Waals surface area contributed by atoms with Crippen LogP contribution in [0.1, 0.15) is 19.4 Å². The number of hydrogen-bond donors (Lipinski definition) is 9. The van der Waals surface area contributed by atoms with Gasteiger partial charge in [0, 0.05) is 19.9 Å². The zero-order valence-corrected chi connectivity index (χ0v) is 30.6. The first kappa shape index (κ1) is 44.8. The van der Waals surface area contributed by atoms with Gasteiger partial charge in [0.05, 0.1) is 26.4 Å². The van der Waals surface area contributed by atoms with Crippen molar-refractivity contribution in [2.24, 2.45) is 0 Å². The van der Waals surface area contributed by atoms with Crippen LogP contribution in [-0.2, 0) is 61.8 Å². The van der Waals surface area contributed by atoms with Gasteiger partial charge in [-0.05, 0) is 11.6 Å². The summed E-state index contributed by atoms with van der Waals surface area (Å²) in [7, 11) is 0. The fraction of sp³-hybridized carbons (Fsp3) is 0.686. The van der Waals surface area contributed by atoms with Crippen LogP contribution in [0.4, 0.5) is 0 Å². The molecule has 4 heterocycles. The van der Waals surface area contributed by atoms with E-state index in [4.69, 9.17) is 47.4 Å². The molecule has 0 aliphatic carbocycles. The van der Waals surface area contributed by atoms with Gasteiger partial charge in [-0.25, -0.2) is 4.79 Å². The maximum atomic E-state index is 12.8. The quantitative estimate of drug-likeness (QED) is 0.0482. The van der Waals surface area contributed by atoms with Gasteiger partial charge in [-0.2, -0.15) is 0 Å². The Balaban J connectivity index is 1.37. The van der Waals surface area contributed by atoms with Crippen LogP contribution in [0.5, 0.6) is 0 Å². The van der Waals surface area contributed by atoms with Crippen LogP contribution in [0.2, 0.25) is 0 Å². The highest BCUT2D eigenvalue weighted by molar-refractivity contribution is 5.87. The highest BCUT2D eigenvalue weighted by Crippen LogP contribution is 2.35. The molecular weight excluding hydrogens is 772 g/mol. The van der Waals surface area contributed by atoms with E-state index in [-0.39, 0.29) is 0 Å². The number of esters is 3. The molecule has 0 saturated carbocycles. The van der Waals surface area contributed by atoms with Crippen molar-refractivity contribution < 1.29 is 108 Å². The molecule has 4 fully saturated rings. The predicted molar refractivity (Wildman–Crippen MR) is 180 cm³/mol. The van der Waals surface area contributed by atoms with E-state index in [2.05, 4.69) is 0 Å². The van der Waals surface area contributed by atoms with E-state index in [1.165, 1.54) is 6.08 Å². The Bertz CT molecular complexity index is 1510. The summed E-state index contributed by atoms with van der Waals surface area (Å²) in [6.45, 7) is -1.49. The normalized spacial score (nSPS) is 41.1. The van der Waals surface area contributed by atoms with Gasteiger partial charge in [0.2, 0.25) is 6.29 Å². The summed E-state index contributed by atoms with van der Waals surface area (Å²) in [6, 6.07) is 8.70. The van der Waals surface area contributed by atoms with Crippen LogP contribution >= 0.6 is 0 Å². The lowest BCUT2D eigenvalue weighted by molar-refractivity contribution is -0.379. The van der Waals surface area contributed by atoms with Crippen molar-refractivity contribution in [1.29, 1.82) is 0 Å². The second-order valence-corrected chi connectivity index (χ2v) is 13.7. The van der Waals surface area contributed by atoms with Crippen molar-refractivity contribution in [3.8, 4) is 0 Å². The van der Waals surface area contributed by atoms with Gasteiger partial charge < -0.3 is 93.3 Å². The molecule has 22 nitrogen and oxygen atoms in total. The molecule has 0 bridgehead atoms. The van der Waals surface area contributed by atoms with Gasteiger partial charge in [-0.3, -0.25) is 9.59 Å². The smallest absolute Gasteiger partial charge is 0.330 e. The third-order valence-electron chi connectivity index (χ3n) is 9.53. The molecule has 5 rings (SSSR count).